The third-order valence-electron chi connectivity index (χ3n) is 7.07. The molecule has 0 radical (unpaired) electrons. The topological polar surface area (TPSA) is 61.7 Å². The Morgan fingerprint density at radius 1 is 0.727 bits per heavy atom. The third kappa shape index (κ3) is 4.60. The molecule has 0 amide bonds. The van der Waals surface area contributed by atoms with Crippen molar-refractivity contribution >= 4 is 71.3 Å². The molecule has 0 saturated heterocycles. The van der Waals surface area contributed by atoms with Crippen LogP contribution in [0.3, 0.4) is 0 Å². The molecule has 0 atom stereocenters. The van der Waals surface area contributed by atoms with Gasteiger partial charge in [-0.05, 0) is 35.3 Å². The van der Waals surface area contributed by atoms with Gasteiger partial charge in [0.15, 0.2) is 11.7 Å². The standard InChI is InChI=1S/C39H25N3OS/c40-38(26-13-5-2-6-14-26)42-39(41-24-28-15-9-18-31-30-16-7-8-20-35(30)44-37(28)31)27-21-22-32-34(23-27)43-33-19-10-17-29(36(32)33)25-11-3-1-4-12-25/h1-24,40H/i1D,3D,4D,10D,11D,12D,17D,19D,21D,22D,23D. The Bertz CT molecular complexity index is 3000. The van der Waals surface area contributed by atoms with Crippen molar-refractivity contribution in [3.63, 3.8) is 0 Å². The molecular weight excluding hydrogens is 559 g/mol. The third-order valence-corrected chi connectivity index (χ3v) is 8.31. The molecule has 6 aromatic carbocycles. The summed E-state index contributed by atoms with van der Waals surface area (Å²) >= 11 is 1.57. The molecule has 0 unspecified atom stereocenters. The number of thiophene rings is 1. The Morgan fingerprint density at radius 3 is 2.43 bits per heavy atom. The first-order chi connectivity index (χ1) is 26.3. The summed E-state index contributed by atoms with van der Waals surface area (Å²) in [5, 5.41) is 10.5. The Labute approximate surface area is 273 Å². The largest absolute Gasteiger partial charge is 0.456 e. The van der Waals surface area contributed by atoms with Crippen LogP contribution in [0.4, 0.5) is 0 Å². The summed E-state index contributed by atoms with van der Waals surface area (Å²) in [5.41, 5.74) is -0.655. The second-order valence-electron chi connectivity index (χ2n) is 9.74. The van der Waals surface area contributed by atoms with Gasteiger partial charge in [0.05, 0.1) is 15.1 Å². The van der Waals surface area contributed by atoms with E-state index in [0.717, 1.165) is 20.2 Å². The quantitative estimate of drug-likeness (QED) is 0.160. The first-order valence-electron chi connectivity index (χ1n) is 19.0. The van der Waals surface area contributed by atoms with E-state index in [0.29, 0.717) is 11.1 Å². The van der Waals surface area contributed by atoms with Crippen LogP contribution in [0.5, 0.6) is 0 Å². The minimum absolute atomic E-state index is 0.214. The molecule has 2 aromatic heterocycles. The molecule has 0 aliphatic heterocycles. The molecular formula is C39H25N3OS. The molecule has 0 aliphatic rings. The van der Waals surface area contributed by atoms with Crippen LogP contribution in [-0.4, -0.2) is 17.9 Å². The van der Waals surface area contributed by atoms with Gasteiger partial charge >= 0.3 is 0 Å². The number of hydrogen-bond donors (Lipinski definition) is 1. The molecule has 44 heavy (non-hydrogen) atoms. The smallest absolute Gasteiger partial charge is 0.161 e. The van der Waals surface area contributed by atoms with Gasteiger partial charge in [0.1, 0.15) is 11.2 Å². The monoisotopic (exact) mass is 594 g/mol. The number of nitrogens with one attached hydrogen (secondary N) is 1. The second kappa shape index (κ2) is 10.9. The molecule has 0 fully saturated rings. The van der Waals surface area contributed by atoms with Gasteiger partial charge < -0.3 is 4.42 Å². The van der Waals surface area contributed by atoms with E-state index >= 15 is 0 Å². The van der Waals surface area contributed by atoms with Gasteiger partial charge in [0.25, 0.3) is 0 Å². The molecule has 5 heteroatoms. The second-order valence-corrected chi connectivity index (χ2v) is 10.8. The van der Waals surface area contributed by atoms with E-state index in [1.54, 1.807) is 41.7 Å². The van der Waals surface area contributed by atoms with Crippen LogP contribution < -0.4 is 0 Å². The summed E-state index contributed by atoms with van der Waals surface area (Å²) in [4.78, 5) is 9.13. The number of benzene rings is 6. The summed E-state index contributed by atoms with van der Waals surface area (Å²) in [6, 6.07) is 15.3. The number of furan rings is 1. The maximum atomic E-state index is 9.38. The van der Waals surface area contributed by atoms with Crippen LogP contribution in [-0.2, 0) is 0 Å². The van der Waals surface area contributed by atoms with Gasteiger partial charge in [0, 0.05) is 53.8 Å². The van der Waals surface area contributed by atoms with Crippen molar-refractivity contribution in [3.8, 4) is 11.1 Å². The van der Waals surface area contributed by atoms with Crippen molar-refractivity contribution in [1.29, 1.82) is 5.41 Å². The molecule has 0 spiro atoms. The highest BCUT2D eigenvalue weighted by atomic mass is 32.1. The highest BCUT2D eigenvalue weighted by Crippen LogP contribution is 2.37. The van der Waals surface area contributed by atoms with Gasteiger partial charge in [-0.15, -0.1) is 11.3 Å². The lowest BCUT2D eigenvalue weighted by atomic mass is 9.99. The van der Waals surface area contributed by atoms with E-state index in [4.69, 9.17) is 20.8 Å². The molecule has 8 rings (SSSR count). The first-order valence-corrected chi connectivity index (χ1v) is 14.3. The predicted molar refractivity (Wildman–Crippen MR) is 186 cm³/mol. The summed E-state index contributed by atoms with van der Waals surface area (Å²) < 4.78 is 104. The molecule has 1 N–H and O–H groups in total. The molecule has 4 nitrogen and oxygen atoms in total. The van der Waals surface area contributed by atoms with Crippen molar-refractivity contribution in [2.24, 2.45) is 9.98 Å². The average Bonchev–Trinajstić information content (AvgIpc) is 3.78. The molecule has 0 aliphatic carbocycles. The van der Waals surface area contributed by atoms with E-state index in [2.05, 4.69) is 9.98 Å². The average molecular weight is 595 g/mol. The lowest BCUT2D eigenvalue weighted by Crippen LogP contribution is -2.04. The number of amidine groups is 2. The number of fused-ring (bicyclic) bond motifs is 6. The minimum Gasteiger partial charge on any atom is -0.456 e. The number of nitrogens with zero attached hydrogens (tertiary/aromatic N) is 2. The Morgan fingerprint density at radius 2 is 1.55 bits per heavy atom. The maximum absolute atomic E-state index is 9.38. The SMILES string of the molecule is [2H]c1c([2H])c([2H])c(-c2c([2H])c([2H])c([2H])c3oc4c([2H])c(C(N=Cc5cccc6c5sc5ccccc56)=NC(=N)c5ccccc5)c([2H])c([2H])c4c23)c([2H])c1[2H]. The van der Waals surface area contributed by atoms with Crippen LogP contribution in [0.25, 0.3) is 53.2 Å². The van der Waals surface area contributed by atoms with E-state index in [1.165, 1.54) is 6.21 Å². The van der Waals surface area contributed by atoms with Crippen LogP contribution in [0, 0.1) is 5.41 Å². The highest BCUT2D eigenvalue weighted by Gasteiger charge is 2.15. The van der Waals surface area contributed by atoms with E-state index < -0.39 is 72.0 Å². The van der Waals surface area contributed by atoms with Crippen LogP contribution in [0.1, 0.15) is 31.8 Å². The van der Waals surface area contributed by atoms with Crippen LogP contribution in [0.2, 0.25) is 0 Å². The Balaban J connectivity index is 1.42. The maximum Gasteiger partial charge on any atom is 0.161 e. The summed E-state index contributed by atoms with van der Waals surface area (Å²) in [7, 11) is 0. The van der Waals surface area contributed by atoms with Crippen molar-refractivity contribution in [3.05, 3.63) is 156 Å². The lowest BCUT2D eigenvalue weighted by molar-refractivity contribution is 0.669. The molecule has 0 bridgehead atoms. The molecule has 208 valence electrons. The van der Waals surface area contributed by atoms with E-state index in [9.17, 15) is 4.11 Å². The highest BCUT2D eigenvalue weighted by molar-refractivity contribution is 7.26. The van der Waals surface area contributed by atoms with Gasteiger partial charge in [-0.2, -0.15) is 0 Å². The van der Waals surface area contributed by atoms with Gasteiger partial charge in [-0.25, -0.2) is 9.98 Å². The fraction of sp³-hybridized carbons (Fsp3) is 0. The summed E-state index contributed by atoms with van der Waals surface area (Å²) in [6.45, 7) is 0. The van der Waals surface area contributed by atoms with Crippen LogP contribution in [0.15, 0.2) is 154 Å². The van der Waals surface area contributed by atoms with Crippen molar-refractivity contribution < 1.29 is 19.5 Å². The fourth-order valence-corrected chi connectivity index (χ4v) is 6.22. The normalized spacial score (nSPS) is 15.7. The zero-order valence-electron chi connectivity index (χ0n) is 33.7. The van der Waals surface area contributed by atoms with E-state index in [-0.39, 0.29) is 44.7 Å². The lowest BCUT2D eigenvalue weighted by Gasteiger charge is -2.05. The number of hydrogen-bond acceptors (Lipinski definition) is 3. The van der Waals surface area contributed by atoms with Gasteiger partial charge in [-0.3, -0.25) is 5.41 Å². The van der Waals surface area contributed by atoms with Gasteiger partial charge in [-0.1, -0.05) is 115 Å². The number of aliphatic imine (C=N–C) groups is 2. The Kier molecular flexibility index (Phi) is 4.17. The molecule has 0 saturated carbocycles. The van der Waals surface area contributed by atoms with Crippen molar-refractivity contribution in [2.75, 3.05) is 0 Å². The summed E-state index contributed by atoms with van der Waals surface area (Å²) in [5.74, 6) is -0.491. The zero-order valence-corrected chi connectivity index (χ0v) is 23.5. The van der Waals surface area contributed by atoms with Crippen LogP contribution >= 0.6 is 11.3 Å². The van der Waals surface area contributed by atoms with Crippen molar-refractivity contribution in [2.45, 2.75) is 0 Å². The first kappa shape index (κ1) is 16.8. The molecule has 8 aromatic rings. The van der Waals surface area contributed by atoms with Crippen molar-refractivity contribution in [1.82, 2.24) is 0 Å². The zero-order chi connectivity index (χ0) is 39.0. The number of rotatable bonds is 4. The van der Waals surface area contributed by atoms with Gasteiger partial charge in [0.2, 0.25) is 0 Å². The fourth-order valence-electron chi connectivity index (χ4n) is 5.04. The molecule has 2 heterocycles. The summed E-state index contributed by atoms with van der Waals surface area (Å²) in [6.07, 6.45) is 1.53. The predicted octanol–water partition coefficient (Wildman–Crippen LogP) is 10.5. The van der Waals surface area contributed by atoms with E-state index in [1.807, 2.05) is 42.5 Å². The Hall–Kier alpha value is -5.65. The minimum atomic E-state index is -0.695.